The number of aromatic nitrogens is 3. The molecule has 4 rings (SSSR count). The summed E-state index contributed by atoms with van der Waals surface area (Å²) >= 11 is 1.70. The molecule has 0 unspecified atom stereocenters. The molecule has 4 nitrogen and oxygen atoms in total. The fraction of sp³-hybridized carbons (Fsp3) is 0.333. The maximum Gasteiger partial charge on any atom is 0.135 e. The highest BCUT2D eigenvalue weighted by Crippen LogP contribution is 2.38. The van der Waals surface area contributed by atoms with E-state index in [1.807, 2.05) is 24.5 Å². The molecule has 0 atom stereocenters. The molecular weight excluding hydrogens is 306 g/mol. The van der Waals surface area contributed by atoms with Gasteiger partial charge in [-0.3, -0.25) is 4.98 Å². The maximum atomic E-state index is 6.35. The van der Waals surface area contributed by atoms with Crippen LogP contribution < -0.4 is 4.74 Å². The van der Waals surface area contributed by atoms with E-state index in [-0.39, 0.29) is 0 Å². The van der Waals surface area contributed by atoms with E-state index >= 15 is 0 Å². The van der Waals surface area contributed by atoms with E-state index in [2.05, 4.69) is 27.1 Å². The molecule has 1 aliphatic rings. The third kappa shape index (κ3) is 3.34. The normalized spacial score (nSPS) is 15.8. The minimum atomic E-state index is 0.334. The SMILES string of the molecule is c1cc(Sc2cc3nc[nH]c3cc2OC2CCCCC2)ccn1. The Morgan fingerprint density at radius 3 is 2.74 bits per heavy atom. The Morgan fingerprint density at radius 2 is 1.91 bits per heavy atom. The van der Waals surface area contributed by atoms with Crippen molar-refractivity contribution in [2.24, 2.45) is 0 Å². The van der Waals surface area contributed by atoms with Crippen LogP contribution in [-0.2, 0) is 0 Å². The van der Waals surface area contributed by atoms with Crippen molar-refractivity contribution in [2.75, 3.05) is 0 Å². The van der Waals surface area contributed by atoms with Crippen molar-refractivity contribution in [2.45, 2.75) is 48.0 Å². The van der Waals surface area contributed by atoms with Crippen LogP contribution in [-0.4, -0.2) is 21.1 Å². The van der Waals surface area contributed by atoms with Crippen molar-refractivity contribution >= 4 is 22.8 Å². The molecule has 1 fully saturated rings. The molecule has 1 N–H and O–H groups in total. The minimum absolute atomic E-state index is 0.334. The van der Waals surface area contributed by atoms with Crippen molar-refractivity contribution in [1.29, 1.82) is 0 Å². The third-order valence-electron chi connectivity index (χ3n) is 4.21. The lowest BCUT2D eigenvalue weighted by Crippen LogP contribution is -2.19. The van der Waals surface area contributed by atoms with Crippen molar-refractivity contribution in [3.8, 4) is 5.75 Å². The van der Waals surface area contributed by atoms with Crippen LogP contribution in [0, 0.1) is 0 Å². The second kappa shape index (κ2) is 6.62. The van der Waals surface area contributed by atoms with Crippen molar-refractivity contribution < 1.29 is 4.74 Å². The van der Waals surface area contributed by atoms with Gasteiger partial charge in [-0.1, -0.05) is 18.2 Å². The fourth-order valence-electron chi connectivity index (χ4n) is 3.01. The highest BCUT2D eigenvalue weighted by atomic mass is 32.2. The quantitative estimate of drug-likeness (QED) is 0.747. The third-order valence-corrected chi connectivity index (χ3v) is 5.26. The molecule has 1 aromatic carbocycles. The summed E-state index contributed by atoms with van der Waals surface area (Å²) in [6.45, 7) is 0. The summed E-state index contributed by atoms with van der Waals surface area (Å²) in [5.74, 6) is 0.954. The summed E-state index contributed by atoms with van der Waals surface area (Å²) < 4.78 is 6.35. The van der Waals surface area contributed by atoms with Crippen molar-refractivity contribution in [3.05, 3.63) is 43.0 Å². The van der Waals surface area contributed by atoms with Gasteiger partial charge in [0.15, 0.2) is 0 Å². The second-order valence-corrected chi connectivity index (χ2v) is 7.00. The number of H-pyrrole nitrogens is 1. The van der Waals surface area contributed by atoms with E-state index in [4.69, 9.17) is 4.74 Å². The van der Waals surface area contributed by atoms with Crippen molar-refractivity contribution in [3.63, 3.8) is 0 Å². The number of nitrogens with zero attached hydrogens (tertiary/aromatic N) is 2. The smallest absolute Gasteiger partial charge is 0.135 e. The number of imidazole rings is 1. The predicted molar refractivity (Wildman–Crippen MR) is 92.0 cm³/mol. The molecule has 2 heterocycles. The Kier molecular flexibility index (Phi) is 4.20. The average Bonchev–Trinajstić information content (AvgIpc) is 3.04. The Bertz CT molecular complexity index is 781. The van der Waals surface area contributed by atoms with E-state index in [9.17, 15) is 0 Å². The van der Waals surface area contributed by atoms with Crippen LogP contribution in [0.25, 0.3) is 11.0 Å². The molecule has 1 saturated carbocycles. The number of hydrogen-bond acceptors (Lipinski definition) is 4. The van der Waals surface area contributed by atoms with Crippen LogP contribution in [0.2, 0.25) is 0 Å². The number of pyridine rings is 1. The van der Waals surface area contributed by atoms with E-state index < -0.39 is 0 Å². The number of ether oxygens (including phenoxy) is 1. The van der Waals surface area contributed by atoms with Crippen LogP contribution in [0.4, 0.5) is 0 Å². The van der Waals surface area contributed by atoms with Gasteiger partial charge in [0.25, 0.3) is 0 Å². The van der Waals surface area contributed by atoms with Gasteiger partial charge in [-0.25, -0.2) is 4.98 Å². The maximum absolute atomic E-state index is 6.35. The number of nitrogens with one attached hydrogen (secondary N) is 1. The molecule has 0 bridgehead atoms. The first-order valence-electron chi connectivity index (χ1n) is 8.10. The van der Waals surface area contributed by atoms with Gasteiger partial charge < -0.3 is 9.72 Å². The summed E-state index contributed by atoms with van der Waals surface area (Å²) in [5.41, 5.74) is 1.99. The van der Waals surface area contributed by atoms with Crippen LogP contribution in [0.3, 0.4) is 0 Å². The van der Waals surface area contributed by atoms with Crippen LogP contribution in [0.1, 0.15) is 32.1 Å². The molecule has 0 spiro atoms. The molecule has 0 saturated heterocycles. The van der Waals surface area contributed by atoms with Gasteiger partial charge >= 0.3 is 0 Å². The molecule has 5 heteroatoms. The number of benzene rings is 1. The molecule has 23 heavy (non-hydrogen) atoms. The Morgan fingerprint density at radius 1 is 1.09 bits per heavy atom. The highest BCUT2D eigenvalue weighted by molar-refractivity contribution is 7.99. The van der Waals surface area contributed by atoms with Gasteiger partial charge in [-0.15, -0.1) is 0 Å². The van der Waals surface area contributed by atoms with Gasteiger partial charge in [-0.05, 0) is 43.9 Å². The molecule has 2 aromatic heterocycles. The summed E-state index contributed by atoms with van der Waals surface area (Å²) in [7, 11) is 0. The minimum Gasteiger partial charge on any atom is -0.489 e. The number of aromatic amines is 1. The molecule has 118 valence electrons. The van der Waals surface area contributed by atoms with Crippen molar-refractivity contribution in [1.82, 2.24) is 15.0 Å². The topological polar surface area (TPSA) is 50.8 Å². The first kappa shape index (κ1) is 14.6. The second-order valence-electron chi connectivity index (χ2n) is 5.88. The highest BCUT2D eigenvalue weighted by Gasteiger charge is 2.18. The fourth-order valence-corrected chi connectivity index (χ4v) is 3.90. The van der Waals surface area contributed by atoms with Gasteiger partial charge in [0.05, 0.1) is 28.4 Å². The Labute approximate surface area is 139 Å². The lowest BCUT2D eigenvalue weighted by Gasteiger charge is -2.24. The lowest BCUT2D eigenvalue weighted by atomic mass is 9.98. The van der Waals surface area contributed by atoms with E-state index in [0.717, 1.165) is 39.4 Å². The molecule has 0 aliphatic heterocycles. The van der Waals surface area contributed by atoms with Gasteiger partial charge in [0, 0.05) is 23.4 Å². The van der Waals surface area contributed by atoms with Crippen LogP contribution >= 0.6 is 11.8 Å². The number of rotatable bonds is 4. The van der Waals surface area contributed by atoms with Gasteiger partial charge in [0.2, 0.25) is 0 Å². The Balaban J connectivity index is 1.66. The summed E-state index contributed by atoms with van der Waals surface area (Å²) in [6.07, 6.45) is 11.9. The zero-order valence-corrected chi connectivity index (χ0v) is 13.7. The Hall–Kier alpha value is -2.01. The monoisotopic (exact) mass is 325 g/mol. The average molecular weight is 325 g/mol. The van der Waals surface area contributed by atoms with Crippen LogP contribution in [0.5, 0.6) is 5.75 Å². The van der Waals surface area contributed by atoms with E-state index in [1.165, 1.54) is 19.3 Å². The number of hydrogen-bond donors (Lipinski definition) is 1. The summed E-state index contributed by atoms with van der Waals surface area (Å²) in [6, 6.07) is 8.23. The zero-order chi connectivity index (χ0) is 15.5. The van der Waals surface area contributed by atoms with E-state index in [0.29, 0.717) is 6.10 Å². The van der Waals surface area contributed by atoms with Gasteiger partial charge in [-0.2, -0.15) is 0 Å². The predicted octanol–water partition coefficient (Wildman–Crippen LogP) is 4.82. The molecular formula is C18H19N3OS. The van der Waals surface area contributed by atoms with E-state index in [1.54, 1.807) is 18.1 Å². The summed E-state index contributed by atoms with van der Waals surface area (Å²) in [4.78, 5) is 13.9. The molecule has 3 aromatic rings. The summed E-state index contributed by atoms with van der Waals surface area (Å²) in [5, 5.41) is 0. The standard InChI is InChI=1S/C18H19N3OS/c1-2-4-13(5-3-1)22-17-10-15-16(21-12-20-15)11-18(17)23-14-6-8-19-9-7-14/h6-13H,1-5H2,(H,20,21). The zero-order valence-electron chi connectivity index (χ0n) is 12.9. The molecule has 0 amide bonds. The van der Waals surface area contributed by atoms with Gasteiger partial charge in [0.1, 0.15) is 5.75 Å². The largest absolute Gasteiger partial charge is 0.489 e. The number of fused-ring (bicyclic) bond motifs is 1. The molecule has 1 aliphatic carbocycles. The first-order valence-corrected chi connectivity index (χ1v) is 8.92. The molecule has 0 radical (unpaired) electrons. The van der Waals surface area contributed by atoms with Crippen LogP contribution in [0.15, 0.2) is 52.8 Å². The lowest BCUT2D eigenvalue weighted by molar-refractivity contribution is 0.151. The first-order chi connectivity index (χ1) is 11.4.